The summed E-state index contributed by atoms with van der Waals surface area (Å²) in [5.41, 5.74) is 5.68. The van der Waals surface area contributed by atoms with Crippen LogP contribution in [0, 0.1) is 5.92 Å². The smallest absolute Gasteiger partial charge is 0.0510 e. The second-order valence-corrected chi connectivity index (χ2v) is 3.79. The molecule has 3 nitrogen and oxygen atoms in total. The van der Waals surface area contributed by atoms with Crippen molar-refractivity contribution in [3.63, 3.8) is 0 Å². The molecule has 1 saturated heterocycles. The van der Waals surface area contributed by atoms with Crippen LogP contribution < -0.4 is 11.1 Å². The second kappa shape index (κ2) is 4.80. The summed E-state index contributed by atoms with van der Waals surface area (Å²) in [5.74, 6) is 0.623. The lowest BCUT2D eigenvalue weighted by molar-refractivity contribution is 0.176. The van der Waals surface area contributed by atoms with E-state index in [-0.39, 0.29) is 0 Å². The molecule has 0 bridgehead atoms. The summed E-state index contributed by atoms with van der Waals surface area (Å²) in [6.07, 6.45) is 1.15. The maximum absolute atomic E-state index is 5.68. The molecule has 1 aliphatic heterocycles. The quantitative estimate of drug-likeness (QED) is 0.643. The van der Waals surface area contributed by atoms with E-state index in [0.717, 1.165) is 19.6 Å². The predicted molar refractivity (Wildman–Crippen MR) is 50.0 cm³/mol. The van der Waals surface area contributed by atoms with Crippen LogP contribution in [-0.2, 0) is 4.74 Å². The van der Waals surface area contributed by atoms with E-state index in [1.165, 1.54) is 0 Å². The minimum atomic E-state index is 0.437. The van der Waals surface area contributed by atoms with Crippen molar-refractivity contribution in [3.8, 4) is 0 Å². The number of nitrogens with two attached hydrogens (primary N) is 1. The lowest BCUT2D eigenvalue weighted by Gasteiger charge is -2.24. The Kier molecular flexibility index (Phi) is 3.98. The summed E-state index contributed by atoms with van der Waals surface area (Å²) in [7, 11) is 0. The summed E-state index contributed by atoms with van der Waals surface area (Å²) >= 11 is 0. The van der Waals surface area contributed by atoms with Crippen molar-refractivity contribution in [1.29, 1.82) is 0 Å². The van der Waals surface area contributed by atoms with Crippen LogP contribution in [0.3, 0.4) is 0 Å². The molecule has 0 radical (unpaired) electrons. The fourth-order valence-corrected chi connectivity index (χ4v) is 1.69. The third-order valence-corrected chi connectivity index (χ3v) is 2.34. The average Bonchev–Trinajstić information content (AvgIpc) is 2.51. The largest absolute Gasteiger partial charge is 0.381 e. The monoisotopic (exact) mass is 172 g/mol. The third-order valence-electron chi connectivity index (χ3n) is 2.34. The molecule has 0 aromatic carbocycles. The second-order valence-electron chi connectivity index (χ2n) is 3.79. The van der Waals surface area contributed by atoms with Crippen LogP contribution in [0.1, 0.15) is 20.3 Å². The number of hydrogen-bond acceptors (Lipinski definition) is 3. The van der Waals surface area contributed by atoms with E-state index in [0.29, 0.717) is 24.5 Å². The van der Waals surface area contributed by atoms with E-state index >= 15 is 0 Å². The van der Waals surface area contributed by atoms with Gasteiger partial charge in [-0.05, 0) is 6.42 Å². The van der Waals surface area contributed by atoms with Gasteiger partial charge in [-0.25, -0.2) is 0 Å². The van der Waals surface area contributed by atoms with Crippen molar-refractivity contribution in [2.75, 3.05) is 19.8 Å². The fourth-order valence-electron chi connectivity index (χ4n) is 1.69. The van der Waals surface area contributed by atoms with Crippen molar-refractivity contribution < 1.29 is 4.74 Å². The van der Waals surface area contributed by atoms with Crippen molar-refractivity contribution >= 4 is 0 Å². The molecule has 0 spiro atoms. The zero-order valence-electron chi connectivity index (χ0n) is 8.05. The van der Waals surface area contributed by atoms with Crippen LogP contribution in [0.25, 0.3) is 0 Å². The van der Waals surface area contributed by atoms with E-state index in [1.54, 1.807) is 0 Å². The minimum absolute atomic E-state index is 0.437. The lowest BCUT2D eigenvalue weighted by atomic mass is 9.98. The topological polar surface area (TPSA) is 47.3 Å². The summed E-state index contributed by atoms with van der Waals surface area (Å²) < 4.78 is 5.33. The maximum atomic E-state index is 5.68. The molecule has 0 saturated carbocycles. The summed E-state index contributed by atoms with van der Waals surface area (Å²) in [6, 6.07) is 0.951. The molecule has 2 atom stereocenters. The van der Waals surface area contributed by atoms with Gasteiger partial charge in [0.2, 0.25) is 0 Å². The minimum Gasteiger partial charge on any atom is -0.381 e. The average molecular weight is 172 g/mol. The Morgan fingerprint density at radius 2 is 2.33 bits per heavy atom. The van der Waals surface area contributed by atoms with Gasteiger partial charge in [0.25, 0.3) is 0 Å². The van der Waals surface area contributed by atoms with Gasteiger partial charge in [-0.1, -0.05) is 13.8 Å². The Labute approximate surface area is 74.7 Å². The third kappa shape index (κ3) is 2.73. The highest BCUT2D eigenvalue weighted by molar-refractivity contribution is 4.81. The zero-order chi connectivity index (χ0) is 8.97. The van der Waals surface area contributed by atoms with Crippen LogP contribution in [0.15, 0.2) is 0 Å². The Morgan fingerprint density at radius 1 is 1.58 bits per heavy atom. The van der Waals surface area contributed by atoms with Crippen LogP contribution in [0.5, 0.6) is 0 Å². The molecule has 1 heterocycles. The standard InChI is InChI=1S/C9H20N2O/c1-7(2)11-9(5-10)8-3-4-12-6-8/h7-9,11H,3-6,10H2,1-2H3. The molecular weight excluding hydrogens is 152 g/mol. The number of rotatable bonds is 4. The molecule has 1 aliphatic rings. The molecule has 1 rings (SSSR count). The molecular formula is C9H20N2O. The molecule has 0 amide bonds. The van der Waals surface area contributed by atoms with E-state index in [9.17, 15) is 0 Å². The van der Waals surface area contributed by atoms with Crippen molar-refractivity contribution in [2.24, 2.45) is 11.7 Å². The van der Waals surface area contributed by atoms with Gasteiger partial charge in [0.05, 0.1) is 6.61 Å². The molecule has 12 heavy (non-hydrogen) atoms. The molecule has 3 heteroatoms. The van der Waals surface area contributed by atoms with E-state index in [1.807, 2.05) is 0 Å². The van der Waals surface area contributed by atoms with Gasteiger partial charge in [0.15, 0.2) is 0 Å². The fraction of sp³-hybridized carbons (Fsp3) is 1.00. The Balaban J connectivity index is 2.32. The summed E-state index contributed by atoms with van der Waals surface area (Å²) in [6.45, 7) is 6.80. The number of hydrogen-bond donors (Lipinski definition) is 2. The lowest BCUT2D eigenvalue weighted by Crippen LogP contribution is -2.45. The molecule has 2 unspecified atom stereocenters. The van der Waals surface area contributed by atoms with Gasteiger partial charge in [-0.15, -0.1) is 0 Å². The zero-order valence-corrected chi connectivity index (χ0v) is 8.05. The van der Waals surface area contributed by atoms with Gasteiger partial charge in [-0.2, -0.15) is 0 Å². The highest BCUT2D eigenvalue weighted by Gasteiger charge is 2.24. The van der Waals surface area contributed by atoms with Crippen molar-refractivity contribution in [2.45, 2.75) is 32.4 Å². The predicted octanol–water partition coefficient (Wildman–Crippen LogP) is 0.348. The van der Waals surface area contributed by atoms with Gasteiger partial charge < -0.3 is 15.8 Å². The summed E-state index contributed by atoms with van der Waals surface area (Å²) in [4.78, 5) is 0. The summed E-state index contributed by atoms with van der Waals surface area (Å²) in [5, 5.41) is 3.47. The van der Waals surface area contributed by atoms with Crippen molar-refractivity contribution in [3.05, 3.63) is 0 Å². The number of ether oxygens (including phenoxy) is 1. The first-order chi connectivity index (χ1) is 5.74. The van der Waals surface area contributed by atoms with Crippen LogP contribution >= 0.6 is 0 Å². The highest BCUT2D eigenvalue weighted by atomic mass is 16.5. The van der Waals surface area contributed by atoms with E-state index in [4.69, 9.17) is 10.5 Å². The van der Waals surface area contributed by atoms with Crippen LogP contribution in [0.2, 0.25) is 0 Å². The molecule has 0 aromatic rings. The van der Waals surface area contributed by atoms with Crippen molar-refractivity contribution in [1.82, 2.24) is 5.32 Å². The molecule has 1 fully saturated rings. The number of nitrogens with one attached hydrogen (secondary N) is 1. The Morgan fingerprint density at radius 3 is 2.75 bits per heavy atom. The first kappa shape index (κ1) is 9.96. The van der Waals surface area contributed by atoms with Gasteiger partial charge >= 0.3 is 0 Å². The SMILES string of the molecule is CC(C)NC(CN)C1CCOC1. The van der Waals surface area contributed by atoms with Gasteiger partial charge in [0, 0.05) is 31.2 Å². The Hall–Kier alpha value is -0.120. The molecule has 0 aliphatic carbocycles. The van der Waals surface area contributed by atoms with E-state index in [2.05, 4.69) is 19.2 Å². The first-order valence-corrected chi connectivity index (χ1v) is 4.78. The molecule has 0 aromatic heterocycles. The van der Waals surface area contributed by atoms with Crippen LogP contribution in [0.4, 0.5) is 0 Å². The molecule has 3 N–H and O–H groups in total. The normalized spacial score (nSPS) is 26.5. The highest BCUT2D eigenvalue weighted by Crippen LogP contribution is 2.16. The van der Waals surface area contributed by atoms with Gasteiger partial charge in [-0.3, -0.25) is 0 Å². The molecule has 72 valence electrons. The first-order valence-electron chi connectivity index (χ1n) is 4.78. The van der Waals surface area contributed by atoms with E-state index < -0.39 is 0 Å². The van der Waals surface area contributed by atoms with Gasteiger partial charge in [0.1, 0.15) is 0 Å². The van der Waals surface area contributed by atoms with Crippen LogP contribution in [-0.4, -0.2) is 31.8 Å². The Bertz CT molecular complexity index is 122. The maximum Gasteiger partial charge on any atom is 0.0510 e.